The minimum Gasteiger partial charge on any atom is -0.412 e. The molecule has 0 unspecified atom stereocenters. The van der Waals surface area contributed by atoms with E-state index in [0.29, 0.717) is 0 Å². The van der Waals surface area contributed by atoms with Gasteiger partial charge in [-0.05, 0) is 12.1 Å². The average Bonchev–Trinajstić information content (AvgIpc) is 2.44. The van der Waals surface area contributed by atoms with Crippen LogP contribution in [0, 0.1) is 20.5 Å². The monoisotopic (exact) mass is 416 g/mol. The van der Waals surface area contributed by atoms with E-state index >= 15 is 0 Å². The Labute approximate surface area is 149 Å². The predicted octanol–water partition coefficient (Wildman–Crippen LogP) is -7.11. The van der Waals surface area contributed by atoms with E-state index in [0.717, 1.165) is 21.8 Å². The van der Waals surface area contributed by atoms with Crippen molar-refractivity contribution in [3.8, 4) is 0 Å². The van der Waals surface area contributed by atoms with Crippen LogP contribution in [0.2, 0.25) is 0 Å². The van der Waals surface area contributed by atoms with Crippen LogP contribution in [0.15, 0.2) is 48.8 Å². The summed E-state index contributed by atoms with van der Waals surface area (Å²) in [4.78, 5) is 8.69. The molecule has 3 rings (SSSR count). The highest BCUT2D eigenvalue weighted by molar-refractivity contribution is 6.02. The van der Waals surface area contributed by atoms with Gasteiger partial charge in [-0.25, -0.2) is 0 Å². The maximum Gasteiger partial charge on any atom is 0.0964 e. The zero-order valence-corrected chi connectivity index (χ0v) is 14.1. The van der Waals surface area contributed by atoms with Gasteiger partial charge in [0.15, 0.2) is 0 Å². The lowest BCUT2D eigenvalue weighted by molar-refractivity contribution is -1.92. The quantitative estimate of drug-likeness (QED) is 0.326. The molecule has 3 aromatic rings. The zero-order chi connectivity index (χ0) is 18.4. The van der Waals surface area contributed by atoms with Gasteiger partial charge < -0.3 is 11.0 Å². The summed E-state index contributed by atoms with van der Waals surface area (Å²) >= 11 is 0. The van der Waals surface area contributed by atoms with E-state index in [2.05, 4.69) is 34.2 Å². The molecule has 0 saturated heterocycles. The summed E-state index contributed by atoms with van der Waals surface area (Å²) in [6.07, 6.45) is 3.60. The highest BCUT2D eigenvalue weighted by Gasteiger charge is 2.00. The lowest BCUT2D eigenvalue weighted by Crippen LogP contribution is -2.58. The van der Waals surface area contributed by atoms with Crippen molar-refractivity contribution >= 4 is 21.8 Å². The summed E-state index contributed by atoms with van der Waals surface area (Å²) in [6, 6.07) is 12.1. The first-order valence-electron chi connectivity index (χ1n) is 5.80. The fraction of sp³-hybridized carbons (Fsp3) is 0. The zero-order valence-electron chi connectivity index (χ0n) is 12.6. The smallest absolute Gasteiger partial charge is 0.0964 e. The van der Waals surface area contributed by atoms with E-state index in [4.69, 9.17) is 37.3 Å². The molecule has 6 N–H and O–H groups in total. The number of fused-ring (bicyclic) bond motifs is 3. The Morgan fingerprint density at radius 2 is 0.885 bits per heavy atom. The van der Waals surface area contributed by atoms with Gasteiger partial charge in [-0.3, -0.25) is 9.97 Å². The van der Waals surface area contributed by atoms with Crippen LogP contribution in [0.3, 0.4) is 0 Å². The van der Waals surface area contributed by atoms with Crippen LogP contribution >= 0.6 is 0 Å². The third-order valence-corrected chi connectivity index (χ3v) is 2.34. The average molecular weight is 417 g/mol. The van der Waals surface area contributed by atoms with Crippen LogP contribution in [0.5, 0.6) is 0 Å². The maximum absolute atomic E-state index is 8.60. The number of hydrogen-bond donors (Lipinski definition) is 2. The topological polar surface area (TPSA) is 268 Å². The van der Waals surface area contributed by atoms with Crippen LogP contribution in [0.1, 0.15) is 0 Å². The molecule has 0 fully saturated rings. The van der Waals surface area contributed by atoms with E-state index < -0.39 is 20.5 Å². The van der Waals surface area contributed by atoms with E-state index in [-0.39, 0.29) is 11.0 Å². The Morgan fingerprint density at radius 1 is 0.615 bits per heavy atom. The third-order valence-electron chi connectivity index (χ3n) is 2.34. The molecular formula is C12H14Cl2N2O10. The Bertz CT molecular complexity index is 715. The second kappa shape index (κ2) is 11.0. The van der Waals surface area contributed by atoms with Crippen molar-refractivity contribution in [1.29, 1.82) is 0 Å². The van der Waals surface area contributed by atoms with Crippen molar-refractivity contribution in [1.82, 2.24) is 9.97 Å². The lowest BCUT2D eigenvalue weighted by atomic mass is 10.1. The van der Waals surface area contributed by atoms with Crippen LogP contribution in [-0.4, -0.2) is 30.2 Å². The fourth-order valence-corrected chi connectivity index (χ4v) is 1.68. The molecule has 12 nitrogen and oxygen atoms in total. The second-order valence-corrected chi connectivity index (χ2v) is 5.59. The molecule has 2 aromatic heterocycles. The van der Waals surface area contributed by atoms with Gasteiger partial charge in [-0.15, -0.1) is 0 Å². The normalized spacial score (nSPS) is 10.5. The number of benzene rings is 1. The first-order valence-corrected chi connectivity index (χ1v) is 8.33. The molecule has 0 aliphatic carbocycles. The Morgan fingerprint density at radius 3 is 1.15 bits per heavy atom. The summed E-state index contributed by atoms with van der Waals surface area (Å²) in [5, 5.41) is 2.28. The summed E-state index contributed by atoms with van der Waals surface area (Å²) in [6.45, 7) is 0. The minimum absolute atomic E-state index is 0. The van der Waals surface area contributed by atoms with Gasteiger partial charge in [0.25, 0.3) is 0 Å². The van der Waals surface area contributed by atoms with Crippen LogP contribution < -0.4 is 28.0 Å². The molecule has 0 aliphatic heterocycles. The first-order chi connectivity index (χ1) is 10.9. The maximum atomic E-state index is 8.60. The Balaban J connectivity index is 0. The largest absolute Gasteiger partial charge is 0.412 e. The summed E-state index contributed by atoms with van der Waals surface area (Å²) in [5.74, 6) is 0. The van der Waals surface area contributed by atoms with Gasteiger partial charge >= 0.3 is 0 Å². The van der Waals surface area contributed by atoms with Crippen LogP contribution in [0.25, 0.3) is 21.8 Å². The molecule has 0 atom stereocenters. The fourth-order valence-electron chi connectivity index (χ4n) is 1.68. The third kappa shape index (κ3) is 11.7. The second-order valence-electron chi connectivity index (χ2n) is 4.01. The van der Waals surface area contributed by atoms with Crippen LogP contribution in [0.4, 0.5) is 0 Å². The summed E-state index contributed by atoms with van der Waals surface area (Å²) < 4.78 is 65.4. The molecule has 0 spiro atoms. The standard InChI is InChI=1S/C12H8N2.2ClHO4.2H2O/c1-3-9-5-6-10-4-2-8-14-12(10)11(9)13-7-1;2*2-1(3,4)5;;/h1-8H;2*(H,2,3,4,5);2*1H2. The molecule has 2 heterocycles. The molecule has 0 bridgehead atoms. The van der Waals surface area contributed by atoms with Crippen molar-refractivity contribution in [2.24, 2.45) is 0 Å². The van der Waals surface area contributed by atoms with Crippen molar-refractivity contribution < 1.29 is 68.7 Å². The highest BCUT2D eigenvalue weighted by atomic mass is 35.7. The van der Waals surface area contributed by atoms with Gasteiger partial charge in [-0.1, -0.05) is 24.3 Å². The Hall–Kier alpha value is -1.78. The van der Waals surface area contributed by atoms with E-state index in [9.17, 15) is 0 Å². The number of hydrogen-bond acceptors (Lipinski definition) is 10. The molecule has 0 amide bonds. The predicted molar refractivity (Wildman–Crippen MR) is 68.7 cm³/mol. The van der Waals surface area contributed by atoms with Gasteiger partial charge in [0.1, 0.15) is 0 Å². The molecular weight excluding hydrogens is 403 g/mol. The van der Waals surface area contributed by atoms with Crippen molar-refractivity contribution in [3.05, 3.63) is 48.8 Å². The van der Waals surface area contributed by atoms with Gasteiger partial charge in [-0.2, -0.15) is 28.0 Å². The summed E-state index contributed by atoms with van der Waals surface area (Å²) in [5.41, 5.74) is 1.95. The van der Waals surface area contributed by atoms with E-state index in [1.54, 1.807) is 12.4 Å². The SMILES string of the molecule is O.O.[O-][Cl+3]([O-])([O-])O.[O-][Cl+3]([O-])([O-])O.c1cnc2c(c1)ccc1cccnc12. The molecule has 0 radical (unpaired) electrons. The number of halogens is 2. The van der Waals surface area contributed by atoms with E-state index in [1.807, 2.05) is 12.1 Å². The number of pyridine rings is 2. The van der Waals surface area contributed by atoms with Gasteiger partial charge in [0.05, 0.1) is 40.8 Å². The molecule has 0 aliphatic rings. The van der Waals surface area contributed by atoms with Crippen molar-refractivity contribution in [2.45, 2.75) is 0 Å². The van der Waals surface area contributed by atoms with Gasteiger partial charge in [0.2, 0.25) is 0 Å². The number of rotatable bonds is 0. The number of nitrogens with zero attached hydrogens (tertiary/aromatic N) is 2. The minimum atomic E-state index is -4.69. The summed E-state index contributed by atoms with van der Waals surface area (Å²) in [7, 11) is -9.39. The molecule has 26 heavy (non-hydrogen) atoms. The molecule has 1 aromatic carbocycles. The Kier molecular flexibility index (Phi) is 11.2. The van der Waals surface area contributed by atoms with Crippen molar-refractivity contribution in [2.75, 3.05) is 0 Å². The highest BCUT2D eigenvalue weighted by Crippen LogP contribution is 2.20. The van der Waals surface area contributed by atoms with Crippen molar-refractivity contribution in [3.63, 3.8) is 0 Å². The van der Waals surface area contributed by atoms with E-state index in [1.165, 1.54) is 0 Å². The molecule has 14 heteroatoms. The lowest BCUT2D eigenvalue weighted by Gasteiger charge is -2.03. The molecule has 0 saturated carbocycles. The van der Waals surface area contributed by atoms with Gasteiger partial charge in [0, 0.05) is 23.2 Å². The number of aromatic nitrogens is 2. The molecule has 146 valence electrons. The first kappa shape index (κ1) is 26.4. The van der Waals surface area contributed by atoms with Crippen LogP contribution in [-0.2, 0) is 0 Å².